The maximum absolute atomic E-state index is 11.6. The van der Waals surface area contributed by atoms with Gasteiger partial charge >= 0.3 is 0 Å². The summed E-state index contributed by atoms with van der Waals surface area (Å²) in [6, 6.07) is 7.24. The Morgan fingerprint density at radius 2 is 1.94 bits per heavy atom. The zero-order valence-corrected chi connectivity index (χ0v) is 9.85. The summed E-state index contributed by atoms with van der Waals surface area (Å²) < 4.78 is 0. The van der Waals surface area contributed by atoms with Crippen molar-refractivity contribution in [3.63, 3.8) is 0 Å². The summed E-state index contributed by atoms with van der Waals surface area (Å²) in [6.45, 7) is 1.97. The van der Waals surface area contributed by atoms with Crippen LogP contribution in [-0.2, 0) is 16.1 Å². The van der Waals surface area contributed by atoms with Crippen LogP contribution in [0, 0.1) is 0 Å². The molecule has 0 radical (unpaired) electrons. The Bertz CT molecular complexity index is 418. The molecule has 4 N–H and O–H groups in total. The van der Waals surface area contributed by atoms with Crippen molar-refractivity contribution >= 4 is 17.5 Å². The highest BCUT2D eigenvalue weighted by Gasteiger charge is 2.15. The number of anilines is 1. The summed E-state index contributed by atoms with van der Waals surface area (Å²) in [7, 11) is 0. The lowest BCUT2D eigenvalue weighted by molar-refractivity contribution is -0.135. The van der Waals surface area contributed by atoms with Crippen LogP contribution in [0.15, 0.2) is 24.3 Å². The first-order chi connectivity index (χ1) is 8.04. The van der Waals surface area contributed by atoms with Crippen molar-refractivity contribution in [1.82, 2.24) is 4.90 Å². The zero-order chi connectivity index (χ0) is 12.8. The Morgan fingerprint density at radius 1 is 1.29 bits per heavy atom. The molecule has 0 atom stereocenters. The maximum atomic E-state index is 11.6. The number of para-hydroxylation sites is 1. The van der Waals surface area contributed by atoms with Gasteiger partial charge in [-0.2, -0.15) is 0 Å². The highest BCUT2D eigenvalue weighted by atomic mass is 16.2. The molecule has 5 nitrogen and oxygen atoms in total. The molecule has 0 aromatic heterocycles. The first-order valence-electron chi connectivity index (χ1n) is 5.44. The SMILES string of the molecule is CCC(=O)N(CC(N)=O)Cc1ccccc1N. The first-order valence-corrected chi connectivity index (χ1v) is 5.44. The number of carbonyl (C=O) groups is 2. The molecule has 0 saturated heterocycles. The topological polar surface area (TPSA) is 89.4 Å². The van der Waals surface area contributed by atoms with Crippen molar-refractivity contribution in [2.75, 3.05) is 12.3 Å². The molecule has 0 aliphatic rings. The van der Waals surface area contributed by atoms with E-state index in [1.807, 2.05) is 18.2 Å². The molecular weight excluding hydrogens is 218 g/mol. The van der Waals surface area contributed by atoms with Gasteiger partial charge < -0.3 is 16.4 Å². The number of nitrogen functional groups attached to an aromatic ring is 1. The van der Waals surface area contributed by atoms with Gasteiger partial charge in [0.25, 0.3) is 0 Å². The molecule has 1 aromatic carbocycles. The second-order valence-corrected chi connectivity index (χ2v) is 3.77. The Labute approximate surface area is 100 Å². The van der Waals surface area contributed by atoms with E-state index in [0.29, 0.717) is 18.7 Å². The Morgan fingerprint density at radius 3 is 2.47 bits per heavy atom. The smallest absolute Gasteiger partial charge is 0.237 e. The van der Waals surface area contributed by atoms with Gasteiger partial charge in [-0.05, 0) is 11.6 Å². The lowest BCUT2D eigenvalue weighted by atomic mass is 10.1. The van der Waals surface area contributed by atoms with Gasteiger partial charge in [0.1, 0.15) is 0 Å². The Hall–Kier alpha value is -2.04. The third-order valence-corrected chi connectivity index (χ3v) is 2.42. The van der Waals surface area contributed by atoms with E-state index < -0.39 is 5.91 Å². The second-order valence-electron chi connectivity index (χ2n) is 3.77. The van der Waals surface area contributed by atoms with Gasteiger partial charge in [0.05, 0.1) is 6.54 Å². The van der Waals surface area contributed by atoms with Crippen LogP contribution in [-0.4, -0.2) is 23.3 Å². The lowest BCUT2D eigenvalue weighted by Gasteiger charge is -2.21. The van der Waals surface area contributed by atoms with Crippen molar-refractivity contribution in [2.45, 2.75) is 19.9 Å². The normalized spacial score (nSPS) is 9.94. The van der Waals surface area contributed by atoms with Crippen LogP contribution < -0.4 is 11.5 Å². The maximum Gasteiger partial charge on any atom is 0.237 e. The van der Waals surface area contributed by atoms with E-state index in [4.69, 9.17) is 11.5 Å². The molecule has 1 rings (SSSR count). The molecule has 2 amide bonds. The van der Waals surface area contributed by atoms with Crippen LogP contribution in [0.4, 0.5) is 5.69 Å². The van der Waals surface area contributed by atoms with Crippen LogP contribution in [0.25, 0.3) is 0 Å². The van der Waals surface area contributed by atoms with E-state index in [-0.39, 0.29) is 12.5 Å². The van der Waals surface area contributed by atoms with Gasteiger partial charge in [0, 0.05) is 18.7 Å². The average Bonchev–Trinajstić information content (AvgIpc) is 2.29. The number of hydrogen-bond donors (Lipinski definition) is 2. The minimum absolute atomic E-state index is 0.0823. The predicted molar refractivity (Wildman–Crippen MR) is 65.8 cm³/mol. The van der Waals surface area contributed by atoms with Crippen LogP contribution in [0.1, 0.15) is 18.9 Å². The second kappa shape index (κ2) is 5.89. The predicted octanol–water partition coefficient (Wildman–Crippen LogP) is 0.493. The van der Waals surface area contributed by atoms with Gasteiger partial charge in [0.15, 0.2) is 0 Å². The molecule has 0 fully saturated rings. The van der Waals surface area contributed by atoms with Crippen LogP contribution in [0.3, 0.4) is 0 Å². The molecule has 0 saturated carbocycles. The number of nitrogens with two attached hydrogens (primary N) is 2. The minimum atomic E-state index is -0.527. The van der Waals surface area contributed by atoms with E-state index in [2.05, 4.69) is 0 Å². The lowest BCUT2D eigenvalue weighted by Crippen LogP contribution is -2.37. The molecule has 0 heterocycles. The molecule has 0 aliphatic carbocycles. The fourth-order valence-corrected chi connectivity index (χ4v) is 1.53. The van der Waals surface area contributed by atoms with E-state index in [1.54, 1.807) is 13.0 Å². The van der Waals surface area contributed by atoms with Crippen molar-refractivity contribution < 1.29 is 9.59 Å². The molecule has 0 aliphatic heterocycles. The Kier molecular flexibility index (Phi) is 4.51. The number of benzene rings is 1. The third kappa shape index (κ3) is 3.79. The summed E-state index contributed by atoms with van der Waals surface area (Å²) in [5, 5.41) is 0. The summed E-state index contributed by atoms with van der Waals surface area (Å²) in [4.78, 5) is 24.0. The number of nitrogens with zero attached hydrogens (tertiary/aromatic N) is 1. The highest BCUT2D eigenvalue weighted by molar-refractivity contribution is 5.83. The fourth-order valence-electron chi connectivity index (χ4n) is 1.53. The number of amides is 2. The summed E-state index contributed by atoms with van der Waals surface area (Å²) in [6.07, 6.45) is 0.333. The molecule has 0 unspecified atom stereocenters. The minimum Gasteiger partial charge on any atom is -0.398 e. The van der Waals surface area contributed by atoms with Crippen molar-refractivity contribution in [3.05, 3.63) is 29.8 Å². The fraction of sp³-hybridized carbons (Fsp3) is 0.333. The van der Waals surface area contributed by atoms with E-state index >= 15 is 0 Å². The zero-order valence-electron chi connectivity index (χ0n) is 9.85. The standard InChI is InChI=1S/C12H17N3O2/c1-2-12(17)15(8-11(14)16)7-9-5-3-4-6-10(9)13/h3-6H,2,7-8,13H2,1H3,(H2,14,16). The van der Waals surface area contributed by atoms with Crippen molar-refractivity contribution in [3.8, 4) is 0 Å². The van der Waals surface area contributed by atoms with Gasteiger partial charge in [-0.3, -0.25) is 9.59 Å². The molecule has 1 aromatic rings. The summed E-state index contributed by atoms with van der Waals surface area (Å²) in [5.41, 5.74) is 12.3. The Balaban J connectivity index is 2.82. The molecule has 5 heteroatoms. The molecule has 92 valence electrons. The quantitative estimate of drug-likeness (QED) is 0.728. The summed E-state index contributed by atoms with van der Waals surface area (Å²) in [5.74, 6) is -0.645. The van der Waals surface area contributed by atoms with Crippen LogP contribution in [0.5, 0.6) is 0 Å². The number of rotatable bonds is 5. The summed E-state index contributed by atoms with van der Waals surface area (Å²) >= 11 is 0. The number of primary amides is 1. The van der Waals surface area contributed by atoms with E-state index in [0.717, 1.165) is 5.56 Å². The highest BCUT2D eigenvalue weighted by Crippen LogP contribution is 2.13. The van der Waals surface area contributed by atoms with Gasteiger partial charge in [0.2, 0.25) is 11.8 Å². The van der Waals surface area contributed by atoms with Gasteiger partial charge in [-0.15, -0.1) is 0 Å². The van der Waals surface area contributed by atoms with Crippen LogP contribution >= 0.6 is 0 Å². The van der Waals surface area contributed by atoms with E-state index in [1.165, 1.54) is 4.90 Å². The first kappa shape index (κ1) is 13.0. The third-order valence-electron chi connectivity index (χ3n) is 2.42. The van der Waals surface area contributed by atoms with Crippen molar-refractivity contribution in [2.24, 2.45) is 5.73 Å². The largest absolute Gasteiger partial charge is 0.398 e. The van der Waals surface area contributed by atoms with Gasteiger partial charge in [-0.1, -0.05) is 25.1 Å². The average molecular weight is 235 g/mol. The number of hydrogen-bond acceptors (Lipinski definition) is 3. The molecule has 17 heavy (non-hydrogen) atoms. The number of carbonyl (C=O) groups excluding carboxylic acids is 2. The van der Waals surface area contributed by atoms with E-state index in [9.17, 15) is 9.59 Å². The molecule has 0 spiro atoms. The molecule has 0 bridgehead atoms. The monoisotopic (exact) mass is 235 g/mol. The van der Waals surface area contributed by atoms with Crippen molar-refractivity contribution in [1.29, 1.82) is 0 Å². The van der Waals surface area contributed by atoms with Gasteiger partial charge in [-0.25, -0.2) is 0 Å². The van der Waals surface area contributed by atoms with Crippen LogP contribution in [0.2, 0.25) is 0 Å². The molecular formula is C12H17N3O2.